The van der Waals surface area contributed by atoms with Crippen LogP contribution in [0.25, 0.3) is 0 Å². The molecule has 1 atom stereocenters. The summed E-state index contributed by atoms with van der Waals surface area (Å²) in [6.45, 7) is 0. The van der Waals surface area contributed by atoms with Gasteiger partial charge in [-0.25, -0.2) is 9.97 Å². The smallest absolute Gasteiger partial charge is 0.115 e. The number of aromatic nitrogens is 2. The first-order chi connectivity index (χ1) is 6.77. The Balaban J connectivity index is 2.29. The molecule has 0 aliphatic heterocycles. The Morgan fingerprint density at radius 2 is 2.07 bits per heavy atom. The van der Waals surface area contributed by atoms with Crippen LogP contribution in [0.2, 0.25) is 0 Å². The van der Waals surface area contributed by atoms with Crippen LogP contribution in [0.1, 0.15) is 16.5 Å². The van der Waals surface area contributed by atoms with Gasteiger partial charge in [0.1, 0.15) is 6.33 Å². The number of nitrogens with zero attached hydrogens (tertiary/aromatic N) is 2. The lowest BCUT2D eigenvalue weighted by Crippen LogP contribution is -2.10. The first-order valence-electron chi connectivity index (χ1n) is 4.02. The van der Waals surface area contributed by atoms with Crippen LogP contribution < -0.4 is 5.73 Å². The lowest BCUT2D eigenvalue weighted by Gasteiger charge is -2.07. The largest absolute Gasteiger partial charge is 0.320 e. The molecule has 2 aromatic rings. The molecule has 2 heterocycles. The van der Waals surface area contributed by atoms with Crippen molar-refractivity contribution < 1.29 is 0 Å². The first kappa shape index (κ1) is 9.76. The van der Waals surface area contributed by atoms with Crippen molar-refractivity contribution in [1.82, 2.24) is 9.97 Å². The summed E-state index contributed by atoms with van der Waals surface area (Å²) in [6, 6.07) is 1.88. The number of rotatable bonds is 2. The molecule has 2 aromatic heterocycles. The van der Waals surface area contributed by atoms with Gasteiger partial charge in [-0.15, -0.1) is 11.3 Å². The number of hydrogen-bond donors (Lipinski definition) is 1. The molecule has 0 bridgehead atoms. The van der Waals surface area contributed by atoms with Crippen LogP contribution in [-0.4, -0.2) is 9.97 Å². The van der Waals surface area contributed by atoms with Crippen molar-refractivity contribution in [3.05, 3.63) is 45.1 Å². The first-order valence-corrected chi connectivity index (χ1v) is 5.69. The zero-order valence-electron chi connectivity index (χ0n) is 7.22. The van der Waals surface area contributed by atoms with Crippen molar-refractivity contribution in [2.24, 2.45) is 5.73 Å². The minimum absolute atomic E-state index is 0.132. The maximum absolute atomic E-state index is 6.04. The van der Waals surface area contributed by atoms with Crippen LogP contribution in [-0.2, 0) is 0 Å². The standard InChI is InChI=1S/C9H8BrN3S/c10-7-1-8(14-4-7)9(11)6-2-12-5-13-3-6/h1-5,9H,11H2. The average molecular weight is 270 g/mol. The van der Waals surface area contributed by atoms with Gasteiger partial charge < -0.3 is 5.73 Å². The lowest BCUT2D eigenvalue weighted by atomic mass is 10.1. The Kier molecular flexibility index (Phi) is 2.90. The Morgan fingerprint density at radius 1 is 1.36 bits per heavy atom. The van der Waals surface area contributed by atoms with E-state index in [1.54, 1.807) is 23.7 Å². The molecule has 1 unspecified atom stereocenters. The number of thiophene rings is 1. The summed E-state index contributed by atoms with van der Waals surface area (Å²) in [4.78, 5) is 8.98. The maximum atomic E-state index is 6.04. The molecular weight excluding hydrogens is 262 g/mol. The van der Waals surface area contributed by atoms with Gasteiger partial charge in [0.2, 0.25) is 0 Å². The molecular formula is C9H8BrN3S. The van der Waals surface area contributed by atoms with Gasteiger partial charge in [0.25, 0.3) is 0 Å². The third-order valence-corrected chi connectivity index (χ3v) is 3.61. The van der Waals surface area contributed by atoms with Crippen molar-refractivity contribution in [3.8, 4) is 0 Å². The van der Waals surface area contributed by atoms with Crippen molar-refractivity contribution >= 4 is 27.3 Å². The molecule has 0 saturated carbocycles. The van der Waals surface area contributed by atoms with Crippen LogP contribution in [0, 0.1) is 0 Å². The van der Waals surface area contributed by atoms with Gasteiger partial charge in [0.15, 0.2) is 0 Å². The lowest BCUT2D eigenvalue weighted by molar-refractivity contribution is 0.869. The summed E-state index contributed by atoms with van der Waals surface area (Å²) < 4.78 is 1.06. The fourth-order valence-corrected chi connectivity index (χ4v) is 2.60. The number of nitrogens with two attached hydrogens (primary N) is 1. The van der Waals surface area contributed by atoms with E-state index in [1.165, 1.54) is 6.33 Å². The molecule has 0 aliphatic carbocycles. The number of hydrogen-bond acceptors (Lipinski definition) is 4. The summed E-state index contributed by atoms with van der Waals surface area (Å²) in [6.07, 6.45) is 4.98. The fraction of sp³-hybridized carbons (Fsp3) is 0.111. The highest BCUT2D eigenvalue weighted by Crippen LogP contribution is 2.27. The van der Waals surface area contributed by atoms with Gasteiger partial charge in [-0.2, -0.15) is 0 Å². The molecule has 0 fully saturated rings. The molecule has 2 N–H and O–H groups in total. The Labute approximate surface area is 94.1 Å². The van der Waals surface area contributed by atoms with E-state index in [2.05, 4.69) is 25.9 Å². The molecule has 0 saturated heterocycles. The third-order valence-electron chi connectivity index (χ3n) is 1.83. The van der Waals surface area contributed by atoms with E-state index in [4.69, 9.17) is 5.73 Å². The summed E-state index contributed by atoms with van der Waals surface area (Å²) in [5, 5.41) is 2.01. The summed E-state index contributed by atoms with van der Waals surface area (Å²) in [5.74, 6) is 0. The van der Waals surface area contributed by atoms with E-state index < -0.39 is 0 Å². The zero-order valence-corrected chi connectivity index (χ0v) is 9.62. The zero-order chi connectivity index (χ0) is 9.97. The topological polar surface area (TPSA) is 51.8 Å². The normalized spacial score (nSPS) is 12.7. The molecule has 0 spiro atoms. The van der Waals surface area contributed by atoms with Gasteiger partial charge in [0.05, 0.1) is 6.04 Å². The van der Waals surface area contributed by atoms with E-state index >= 15 is 0 Å². The molecule has 72 valence electrons. The van der Waals surface area contributed by atoms with Gasteiger partial charge in [-0.05, 0) is 22.0 Å². The Hall–Kier alpha value is -0.780. The molecule has 0 amide bonds. The van der Waals surface area contributed by atoms with E-state index in [0.717, 1.165) is 14.9 Å². The number of halogens is 1. The van der Waals surface area contributed by atoms with E-state index in [0.29, 0.717) is 0 Å². The van der Waals surface area contributed by atoms with E-state index in [9.17, 15) is 0 Å². The average Bonchev–Trinajstić information content (AvgIpc) is 2.65. The summed E-state index contributed by atoms with van der Waals surface area (Å²) in [7, 11) is 0. The van der Waals surface area contributed by atoms with Crippen LogP contribution in [0.15, 0.2) is 34.6 Å². The second kappa shape index (κ2) is 4.16. The summed E-state index contributed by atoms with van der Waals surface area (Å²) >= 11 is 5.02. The maximum Gasteiger partial charge on any atom is 0.115 e. The second-order valence-corrected chi connectivity index (χ2v) is 4.68. The predicted octanol–water partition coefficient (Wildman–Crippen LogP) is 2.35. The summed E-state index contributed by atoms with van der Waals surface area (Å²) in [5.41, 5.74) is 6.97. The monoisotopic (exact) mass is 269 g/mol. The Morgan fingerprint density at radius 3 is 2.64 bits per heavy atom. The molecule has 0 aromatic carbocycles. The van der Waals surface area contributed by atoms with Crippen LogP contribution in [0.4, 0.5) is 0 Å². The predicted molar refractivity (Wildman–Crippen MR) is 60.1 cm³/mol. The van der Waals surface area contributed by atoms with Crippen molar-refractivity contribution in [1.29, 1.82) is 0 Å². The molecule has 0 radical (unpaired) electrons. The Bertz CT molecular complexity index is 415. The molecule has 0 aliphatic rings. The van der Waals surface area contributed by atoms with Gasteiger partial charge in [-0.3, -0.25) is 0 Å². The minimum atomic E-state index is -0.132. The van der Waals surface area contributed by atoms with Gasteiger partial charge >= 0.3 is 0 Å². The van der Waals surface area contributed by atoms with E-state index in [1.807, 2.05) is 11.4 Å². The second-order valence-electron chi connectivity index (χ2n) is 2.82. The van der Waals surface area contributed by atoms with Crippen LogP contribution in [0.3, 0.4) is 0 Å². The van der Waals surface area contributed by atoms with Crippen LogP contribution in [0.5, 0.6) is 0 Å². The highest BCUT2D eigenvalue weighted by Gasteiger charge is 2.11. The SMILES string of the molecule is NC(c1cncnc1)c1cc(Br)cs1. The fourth-order valence-electron chi connectivity index (χ4n) is 1.13. The third kappa shape index (κ3) is 2.00. The van der Waals surface area contributed by atoms with Crippen molar-refractivity contribution in [2.45, 2.75) is 6.04 Å². The van der Waals surface area contributed by atoms with Crippen molar-refractivity contribution in [3.63, 3.8) is 0 Å². The van der Waals surface area contributed by atoms with Gasteiger partial charge in [0, 0.05) is 32.7 Å². The highest BCUT2D eigenvalue weighted by molar-refractivity contribution is 9.10. The van der Waals surface area contributed by atoms with Gasteiger partial charge in [-0.1, -0.05) is 0 Å². The highest BCUT2D eigenvalue weighted by atomic mass is 79.9. The molecule has 5 heteroatoms. The van der Waals surface area contributed by atoms with Crippen LogP contribution >= 0.6 is 27.3 Å². The quantitative estimate of drug-likeness (QED) is 0.911. The van der Waals surface area contributed by atoms with E-state index in [-0.39, 0.29) is 6.04 Å². The molecule has 3 nitrogen and oxygen atoms in total. The minimum Gasteiger partial charge on any atom is -0.320 e. The molecule has 2 rings (SSSR count). The molecule has 14 heavy (non-hydrogen) atoms. The van der Waals surface area contributed by atoms with Crippen molar-refractivity contribution in [2.75, 3.05) is 0 Å².